The highest BCUT2D eigenvalue weighted by atomic mass is 15.1. The summed E-state index contributed by atoms with van der Waals surface area (Å²) >= 11 is 0. The van der Waals surface area contributed by atoms with Gasteiger partial charge in [0, 0.05) is 6.20 Å². The first-order chi connectivity index (χ1) is 3.93. The molecular formula is C5H8N3. The summed E-state index contributed by atoms with van der Waals surface area (Å²) in [6.07, 6.45) is 6.19. The minimum atomic E-state index is 0.878. The molecule has 0 saturated carbocycles. The third-order valence-electron chi connectivity index (χ3n) is 0.872. The van der Waals surface area contributed by atoms with Crippen LogP contribution in [-0.4, -0.2) is 13.4 Å². The predicted octanol–water partition coefficient (Wildman–Crippen LogP) is -0.160. The number of nitrogens with one attached hydrogen (secondary N) is 2. The molecule has 0 aromatic rings. The molecule has 8 heavy (non-hydrogen) atoms. The van der Waals surface area contributed by atoms with Gasteiger partial charge in [-0.3, -0.25) is 5.32 Å². The Morgan fingerprint density at radius 1 is 1.75 bits per heavy atom. The van der Waals surface area contributed by atoms with E-state index < -0.39 is 0 Å². The molecule has 0 saturated heterocycles. The highest BCUT2D eigenvalue weighted by Crippen LogP contribution is 1.97. The van der Waals surface area contributed by atoms with Gasteiger partial charge in [0.15, 0.2) is 6.17 Å². The molecule has 0 spiro atoms. The van der Waals surface area contributed by atoms with E-state index in [9.17, 15) is 0 Å². The molecule has 0 amide bonds. The van der Waals surface area contributed by atoms with Gasteiger partial charge in [0.05, 0.1) is 6.34 Å². The van der Waals surface area contributed by atoms with Crippen molar-refractivity contribution in [1.29, 1.82) is 0 Å². The van der Waals surface area contributed by atoms with E-state index in [1.165, 1.54) is 0 Å². The lowest BCUT2D eigenvalue weighted by molar-refractivity contribution is 0.844. The summed E-state index contributed by atoms with van der Waals surface area (Å²) in [5.41, 5.74) is 0. The Balaban J connectivity index is 2.42. The summed E-state index contributed by atoms with van der Waals surface area (Å²) < 4.78 is 0. The molecule has 43 valence electrons. The zero-order chi connectivity index (χ0) is 5.82. The molecule has 3 heteroatoms. The van der Waals surface area contributed by atoms with Gasteiger partial charge in [0.1, 0.15) is 0 Å². The van der Waals surface area contributed by atoms with Crippen LogP contribution in [0.3, 0.4) is 0 Å². The second-order valence-corrected chi connectivity index (χ2v) is 1.39. The zero-order valence-corrected chi connectivity index (χ0v) is 4.68. The third-order valence-corrected chi connectivity index (χ3v) is 0.872. The maximum absolute atomic E-state index is 3.93. The Morgan fingerprint density at radius 3 is 3.00 bits per heavy atom. The highest BCUT2D eigenvalue weighted by molar-refractivity contribution is 5.59. The molecule has 1 aliphatic heterocycles. The van der Waals surface area contributed by atoms with E-state index >= 15 is 0 Å². The molecule has 1 rings (SSSR count). The Bertz CT molecular complexity index is 105. The number of hydrogen-bond donors (Lipinski definition) is 2. The summed E-state index contributed by atoms with van der Waals surface area (Å²) in [7, 11) is 1.84. The minimum Gasteiger partial charge on any atom is -0.353 e. The second kappa shape index (κ2) is 2.47. The first kappa shape index (κ1) is 5.31. The van der Waals surface area contributed by atoms with E-state index in [1.807, 2.05) is 19.3 Å². The second-order valence-electron chi connectivity index (χ2n) is 1.39. The Hall–Kier alpha value is -0.830. The molecule has 0 aromatic heterocycles. The molecule has 0 bridgehead atoms. The SMILES string of the molecule is CN[C]1C=CNC=N1. The summed E-state index contributed by atoms with van der Waals surface area (Å²) in [6, 6.07) is 0. The van der Waals surface area contributed by atoms with Crippen LogP contribution in [0.1, 0.15) is 0 Å². The van der Waals surface area contributed by atoms with E-state index in [0.717, 1.165) is 6.17 Å². The maximum Gasteiger partial charge on any atom is 0.175 e. The van der Waals surface area contributed by atoms with Gasteiger partial charge >= 0.3 is 0 Å². The molecule has 0 fully saturated rings. The van der Waals surface area contributed by atoms with Gasteiger partial charge in [0.25, 0.3) is 0 Å². The molecule has 0 unspecified atom stereocenters. The summed E-state index contributed by atoms with van der Waals surface area (Å²) in [5.74, 6) is 0. The van der Waals surface area contributed by atoms with Crippen LogP contribution in [0.15, 0.2) is 17.3 Å². The molecule has 1 aliphatic rings. The minimum absolute atomic E-state index is 0.878. The number of rotatable bonds is 1. The van der Waals surface area contributed by atoms with Crippen LogP contribution in [0.5, 0.6) is 0 Å². The first-order valence-corrected chi connectivity index (χ1v) is 2.43. The van der Waals surface area contributed by atoms with Crippen molar-refractivity contribution in [2.75, 3.05) is 7.05 Å². The van der Waals surface area contributed by atoms with Crippen molar-refractivity contribution in [1.82, 2.24) is 10.6 Å². The lowest BCUT2D eigenvalue weighted by atomic mass is 10.4. The number of nitrogens with zero attached hydrogens (tertiary/aromatic N) is 1. The standard InChI is InChI=1S/C5H8N3/c1-6-5-2-3-7-4-8-5/h2-4,6H,1H3,(H,7,8). The van der Waals surface area contributed by atoms with Crippen molar-refractivity contribution in [3.63, 3.8) is 0 Å². The van der Waals surface area contributed by atoms with E-state index in [-0.39, 0.29) is 0 Å². The van der Waals surface area contributed by atoms with Crippen molar-refractivity contribution in [3.05, 3.63) is 18.4 Å². The van der Waals surface area contributed by atoms with Crippen molar-refractivity contribution in [2.45, 2.75) is 0 Å². The van der Waals surface area contributed by atoms with Crippen LogP contribution in [0.25, 0.3) is 0 Å². The maximum atomic E-state index is 3.93. The quantitative estimate of drug-likeness (QED) is 0.492. The van der Waals surface area contributed by atoms with Gasteiger partial charge in [-0.25, -0.2) is 4.99 Å². The lowest BCUT2D eigenvalue weighted by Crippen LogP contribution is -2.17. The van der Waals surface area contributed by atoms with Gasteiger partial charge in [0.2, 0.25) is 0 Å². The van der Waals surface area contributed by atoms with Crippen molar-refractivity contribution in [2.24, 2.45) is 4.99 Å². The van der Waals surface area contributed by atoms with Gasteiger partial charge < -0.3 is 5.32 Å². The summed E-state index contributed by atoms with van der Waals surface area (Å²) in [4.78, 5) is 3.93. The molecule has 1 radical (unpaired) electrons. The Kier molecular flexibility index (Phi) is 1.64. The van der Waals surface area contributed by atoms with Crippen LogP contribution >= 0.6 is 0 Å². The topological polar surface area (TPSA) is 36.4 Å². The van der Waals surface area contributed by atoms with E-state index in [4.69, 9.17) is 0 Å². The van der Waals surface area contributed by atoms with Crippen LogP contribution in [-0.2, 0) is 0 Å². The smallest absolute Gasteiger partial charge is 0.175 e. The molecule has 3 nitrogen and oxygen atoms in total. The van der Waals surface area contributed by atoms with Crippen LogP contribution < -0.4 is 10.6 Å². The fourth-order valence-corrected chi connectivity index (χ4v) is 0.468. The van der Waals surface area contributed by atoms with Crippen molar-refractivity contribution < 1.29 is 0 Å². The van der Waals surface area contributed by atoms with Gasteiger partial charge in [-0.15, -0.1) is 0 Å². The lowest BCUT2D eigenvalue weighted by Gasteiger charge is -2.06. The average Bonchev–Trinajstić information content (AvgIpc) is 1.90. The number of likely N-dealkylation sites (N-methyl/N-ethyl adjacent to an activating group) is 1. The van der Waals surface area contributed by atoms with Crippen LogP contribution in [0.4, 0.5) is 0 Å². The summed E-state index contributed by atoms with van der Waals surface area (Å²) in [5, 5.41) is 5.71. The number of aliphatic imine (C=N–C) groups is 1. The Labute approximate surface area is 48.5 Å². The predicted molar refractivity (Wildman–Crippen MR) is 33.1 cm³/mol. The van der Waals surface area contributed by atoms with Gasteiger partial charge in [-0.1, -0.05) is 0 Å². The largest absolute Gasteiger partial charge is 0.353 e. The molecule has 0 atom stereocenters. The highest BCUT2D eigenvalue weighted by Gasteiger charge is 1.98. The third kappa shape index (κ3) is 1.07. The van der Waals surface area contributed by atoms with Crippen molar-refractivity contribution in [3.8, 4) is 0 Å². The fraction of sp³-hybridized carbons (Fsp3) is 0.200. The van der Waals surface area contributed by atoms with Crippen LogP contribution in [0.2, 0.25) is 0 Å². The van der Waals surface area contributed by atoms with Gasteiger partial charge in [-0.05, 0) is 13.1 Å². The van der Waals surface area contributed by atoms with Crippen molar-refractivity contribution >= 4 is 6.34 Å². The van der Waals surface area contributed by atoms with E-state index in [0.29, 0.717) is 0 Å². The molecule has 0 aliphatic carbocycles. The van der Waals surface area contributed by atoms with Gasteiger partial charge in [-0.2, -0.15) is 0 Å². The molecule has 2 N–H and O–H groups in total. The van der Waals surface area contributed by atoms with E-state index in [1.54, 1.807) is 6.34 Å². The average molecular weight is 110 g/mol. The monoisotopic (exact) mass is 110 g/mol. The Morgan fingerprint density at radius 2 is 2.62 bits per heavy atom. The molecule has 1 heterocycles. The number of hydrogen-bond acceptors (Lipinski definition) is 3. The molecule has 0 aromatic carbocycles. The summed E-state index contributed by atoms with van der Waals surface area (Å²) in [6.45, 7) is 0. The zero-order valence-electron chi connectivity index (χ0n) is 4.68. The molecular weight excluding hydrogens is 102 g/mol. The first-order valence-electron chi connectivity index (χ1n) is 2.43. The fourth-order valence-electron chi connectivity index (χ4n) is 0.468. The normalized spacial score (nSPS) is 18.6. The van der Waals surface area contributed by atoms with Crippen LogP contribution in [0, 0.1) is 6.17 Å². The van der Waals surface area contributed by atoms with E-state index in [2.05, 4.69) is 15.6 Å².